The van der Waals surface area contributed by atoms with E-state index in [1.165, 1.54) is 0 Å². The molecule has 1 aromatic carbocycles. The molecule has 1 atom stereocenters. The van der Waals surface area contributed by atoms with Crippen LogP contribution in [0.4, 0.5) is 5.69 Å². The molecule has 3 heterocycles. The Labute approximate surface area is 174 Å². The van der Waals surface area contributed by atoms with Gasteiger partial charge in [-0.1, -0.05) is 6.07 Å². The number of aryl methyl sites for hydroxylation is 1. The van der Waals surface area contributed by atoms with Gasteiger partial charge in [0.2, 0.25) is 0 Å². The lowest BCUT2D eigenvalue weighted by Gasteiger charge is -2.12. The number of carbonyl (C=O) groups is 2. The van der Waals surface area contributed by atoms with Crippen LogP contribution in [-0.2, 0) is 16.1 Å². The molecule has 0 unspecified atom stereocenters. The van der Waals surface area contributed by atoms with Gasteiger partial charge in [0, 0.05) is 43.0 Å². The fraction of sp³-hybridized carbons (Fsp3) is 0.273. The zero-order chi connectivity index (χ0) is 20.9. The highest BCUT2D eigenvalue weighted by Gasteiger charge is 2.23. The predicted octanol–water partition coefficient (Wildman–Crippen LogP) is 2.62. The van der Waals surface area contributed by atoms with Crippen LogP contribution >= 0.6 is 0 Å². The summed E-state index contributed by atoms with van der Waals surface area (Å²) in [5, 5.41) is 5.73. The number of rotatable bonds is 6. The normalized spacial score (nSPS) is 15.7. The van der Waals surface area contributed by atoms with Crippen LogP contribution in [-0.4, -0.2) is 39.1 Å². The summed E-state index contributed by atoms with van der Waals surface area (Å²) in [6.07, 6.45) is 6.46. The number of pyridine rings is 1. The standard InChI is InChI=1S/C22H23N5O3/c1-15-23-9-10-27(15)20-12-16(7-8-24-20)14-25-21(28)17-4-2-5-18(13-17)26-22(29)19-6-3-11-30-19/h2,4-5,7-10,12-13,19H,3,6,11,14H2,1H3,(H,25,28)(H,26,29)/t19-/m1/s1. The van der Waals surface area contributed by atoms with Crippen LogP contribution in [0.15, 0.2) is 55.0 Å². The van der Waals surface area contributed by atoms with E-state index < -0.39 is 6.10 Å². The smallest absolute Gasteiger partial charge is 0.253 e. The molecule has 0 bridgehead atoms. The summed E-state index contributed by atoms with van der Waals surface area (Å²) in [6, 6.07) is 10.6. The third-order valence-corrected chi connectivity index (χ3v) is 4.95. The molecule has 154 valence electrons. The van der Waals surface area contributed by atoms with E-state index in [0.29, 0.717) is 24.4 Å². The Morgan fingerprint density at radius 1 is 1.20 bits per heavy atom. The fourth-order valence-electron chi connectivity index (χ4n) is 3.35. The number of carbonyl (C=O) groups excluding carboxylic acids is 2. The summed E-state index contributed by atoms with van der Waals surface area (Å²) >= 11 is 0. The van der Waals surface area contributed by atoms with Crippen LogP contribution in [0, 0.1) is 6.92 Å². The molecule has 3 aromatic rings. The number of hydrogen-bond donors (Lipinski definition) is 2. The van der Waals surface area contributed by atoms with Gasteiger partial charge in [-0.2, -0.15) is 0 Å². The minimum atomic E-state index is -0.414. The predicted molar refractivity (Wildman–Crippen MR) is 111 cm³/mol. The van der Waals surface area contributed by atoms with Crippen molar-refractivity contribution in [1.82, 2.24) is 19.9 Å². The summed E-state index contributed by atoms with van der Waals surface area (Å²) < 4.78 is 7.27. The molecule has 30 heavy (non-hydrogen) atoms. The summed E-state index contributed by atoms with van der Waals surface area (Å²) in [7, 11) is 0. The Balaban J connectivity index is 1.38. The molecule has 0 spiro atoms. The summed E-state index contributed by atoms with van der Waals surface area (Å²) in [5.41, 5.74) is 1.97. The SMILES string of the molecule is Cc1nccn1-c1cc(CNC(=O)c2cccc(NC(=O)[C@H]3CCCO3)c2)ccn1. The average Bonchev–Trinajstić information content (AvgIpc) is 3.44. The fourth-order valence-corrected chi connectivity index (χ4v) is 3.35. The first-order valence-corrected chi connectivity index (χ1v) is 9.86. The van der Waals surface area contributed by atoms with Gasteiger partial charge < -0.3 is 15.4 Å². The second kappa shape index (κ2) is 8.87. The van der Waals surface area contributed by atoms with E-state index in [2.05, 4.69) is 20.6 Å². The largest absolute Gasteiger partial charge is 0.368 e. The maximum Gasteiger partial charge on any atom is 0.253 e. The second-order valence-corrected chi connectivity index (χ2v) is 7.12. The van der Waals surface area contributed by atoms with Crippen molar-refractivity contribution >= 4 is 17.5 Å². The Morgan fingerprint density at radius 3 is 2.87 bits per heavy atom. The molecule has 1 aliphatic heterocycles. The molecule has 2 aromatic heterocycles. The third-order valence-electron chi connectivity index (χ3n) is 4.95. The molecule has 0 aliphatic carbocycles. The monoisotopic (exact) mass is 405 g/mol. The maximum atomic E-state index is 12.6. The van der Waals surface area contributed by atoms with E-state index in [1.807, 2.05) is 29.8 Å². The lowest BCUT2D eigenvalue weighted by molar-refractivity contribution is -0.124. The highest BCUT2D eigenvalue weighted by atomic mass is 16.5. The number of imidazole rings is 1. The minimum absolute atomic E-state index is 0.177. The molecule has 1 fully saturated rings. The van der Waals surface area contributed by atoms with Gasteiger partial charge in [-0.15, -0.1) is 0 Å². The average molecular weight is 405 g/mol. The van der Waals surface area contributed by atoms with Gasteiger partial charge in [-0.25, -0.2) is 9.97 Å². The third kappa shape index (κ3) is 4.55. The lowest BCUT2D eigenvalue weighted by atomic mass is 10.1. The number of benzene rings is 1. The Morgan fingerprint density at radius 2 is 2.10 bits per heavy atom. The topological polar surface area (TPSA) is 98.1 Å². The molecule has 8 heteroatoms. The van der Waals surface area contributed by atoms with E-state index >= 15 is 0 Å². The van der Waals surface area contributed by atoms with Crippen LogP contribution in [0.25, 0.3) is 5.82 Å². The van der Waals surface area contributed by atoms with Crippen LogP contribution in [0.3, 0.4) is 0 Å². The quantitative estimate of drug-likeness (QED) is 0.657. The molecule has 1 aliphatic rings. The molecule has 2 N–H and O–H groups in total. The Hall–Kier alpha value is -3.52. The van der Waals surface area contributed by atoms with Gasteiger partial charge in [0.25, 0.3) is 11.8 Å². The van der Waals surface area contributed by atoms with Crippen molar-refractivity contribution in [3.63, 3.8) is 0 Å². The summed E-state index contributed by atoms with van der Waals surface area (Å²) in [5.74, 6) is 1.19. The molecular weight excluding hydrogens is 382 g/mol. The summed E-state index contributed by atoms with van der Waals surface area (Å²) in [6.45, 7) is 2.87. The van der Waals surface area contributed by atoms with Crippen LogP contribution in [0.1, 0.15) is 34.6 Å². The van der Waals surface area contributed by atoms with E-state index in [9.17, 15) is 9.59 Å². The second-order valence-electron chi connectivity index (χ2n) is 7.12. The van der Waals surface area contributed by atoms with Gasteiger partial charge in [0.05, 0.1) is 0 Å². The van der Waals surface area contributed by atoms with Gasteiger partial charge in [0.1, 0.15) is 17.7 Å². The first-order chi connectivity index (χ1) is 14.6. The first kappa shape index (κ1) is 19.8. The maximum absolute atomic E-state index is 12.6. The lowest BCUT2D eigenvalue weighted by Crippen LogP contribution is -2.27. The molecule has 2 amide bonds. The number of aromatic nitrogens is 3. The van der Waals surface area contributed by atoms with Crippen molar-refractivity contribution in [2.75, 3.05) is 11.9 Å². The summed E-state index contributed by atoms with van der Waals surface area (Å²) in [4.78, 5) is 33.4. The minimum Gasteiger partial charge on any atom is -0.368 e. The number of nitrogens with zero attached hydrogens (tertiary/aromatic N) is 3. The van der Waals surface area contributed by atoms with Gasteiger partial charge in [-0.05, 0) is 55.7 Å². The number of amides is 2. The molecule has 8 nitrogen and oxygen atoms in total. The van der Waals surface area contributed by atoms with Crippen LogP contribution in [0.2, 0.25) is 0 Å². The molecular formula is C22H23N5O3. The number of ether oxygens (including phenoxy) is 1. The Kier molecular flexibility index (Phi) is 5.85. The van der Waals surface area contributed by atoms with Crippen molar-refractivity contribution < 1.29 is 14.3 Å². The van der Waals surface area contributed by atoms with Crippen molar-refractivity contribution in [3.05, 3.63) is 71.9 Å². The van der Waals surface area contributed by atoms with Crippen molar-refractivity contribution in [2.45, 2.75) is 32.4 Å². The Bertz CT molecular complexity index is 1060. The van der Waals surface area contributed by atoms with Crippen molar-refractivity contribution in [3.8, 4) is 5.82 Å². The van der Waals surface area contributed by atoms with Gasteiger partial charge >= 0.3 is 0 Å². The van der Waals surface area contributed by atoms with E-state index in [0.717, 1.165) is 30.0 Å². The van der Waals surface area contributed by atoms with Gasteiger partial charge in [-0.3, -0.25) is 14.2 Å². The number of anilines is 1. The molecule has 0 radical (unpaired) electrons. The molecule has 1 saturated heterocycles. The first-order valence-electron chi connectivity index (χ1n) is 9.86. The highest BCUT2D eigenvalue weighted by molar-refractivity contribution is 5.98. The van der Waals surface area contributed by atoms with E-state index in [1.54, 1.807) is 36.7 Å². The van der Waals surface area contributed by atoms with E-state index in [4.69, 9.17) is 4.74 Å². The highest BCUT2D eigenvalue weighted by Crippen LogP contribution is 2.16. The van der Waals surface area contributed by atoms with Crippen LogP contribution in [0.5, 0.6) is 0 Å². The van der Waals surface area contributed by atoms with Crippen molar-refractivity contribution in [2.24, 2.45) is 0 Å². The van der Waals surface area contributed by atoms with Gasteiger partial charge in [0.15, 0.2) is 0 Å². The molecule has 4 rings (SSSR count). The zero-order valence-corrected chi connectivity index (χ0v) is 16.7. The number of hydrogen-bond acceptors (Lipinski definition) is 5. The van der Waals surface area contributed by atoms with E-state index in [-0.39, 0.29) is 11.8 Å². The van der Waals surface area contributed by atoms with Crippen LogP contribution < -0.4 is 10.6 Å². The van der Waals surface area contributed by atoms with Crippen molar-refractivity contribution in [1.29, 1.82) is 0 Å². The molecule has 0 saturated carbocycles. The number of nitrogens with one attached hydrogen (secondary N) is 2. The zero-order valence-electron chi connectivity index (χ0n) is 16.7.